The van der Waals surface area contributed by atoms with Crippen molar-refractivity contribution in [1.82, 2.24) is 0 Å². The van der Waals surface area contributed by atoms with Crippen LogP contribution in [0.4, 0.5) is 0 Å². The van der Waals surface area contributed by atoms with Crippen molar-refractivity contribution >= 4 is 5.97 Å². The van der Waals surface area contributed by atoms with Crippen LogP contribution in [0.5, 0.6) is 5.75 Å². The van der Waals surface area contributed by atoms with Crippen LogP contribution in [-0.2, 0) is 11.2 Å². The zero-order chi connectivity index (χ0) is 23.8. The number of unbranched alkanes of at least 4 members (excludes halogenated alkanes) is 18. The molecule has 2 heteroatoms. The van der Waals surface area contributed by atoms with Gasteiger partial charge in [0.25, 0.3) is 0 Å². The second kappa shape index (κ2) is 22.5. The Morgan fingerprint density at radius 1 is 0.606 bits per heavy atom. The number of carbonyl (C=O) groups excluding carboxylic acids is 1. The van der Waals surface area contributed by atoms with Crippen LogP contribution >= 0.6 is 0 Å². The van der Waals surface area contributed by atoms with Crippen molar-refractivity contribution in [3.05, 3.63) is 29.8 Å². The summed E-state index contributed by atoms with van der Waals surface area (Å²) >= 11 is 0. The summed E-state index contributed by atoms with van der Waals surface area (Å²) in [4.78, 5) is 12.1. The van der Waals surface area contributed by atoms with Crippen molar-refractivity contribution in [3.63, 3.8) is 0 Å². The second-order valence-electron chi connectivity index (χ2n) is 9.99. The average molecular weight is 459 g/mol. The van der Waals surface area contributed by atoms with Crippen molar-refractivity contribution in [3.8, 4) is 5.75 Å². The van der Waals surface area contributed by atoms with E-state index in [0.717, 1.165) is 25.0 Å². The maximum Gasteiger partial charge on any atom is 0.311 e. The number of benzene rings is 1. The number of carbonyl (C=O) groups is 1. The fourth-order valence-electron chi connectivity index (χ4n) is 4.52. The minimum absolute atomic E-state index is 0.0818. The van der Waals surface area contributed by atoms with Gasteiger partial charge in [0.1, 0.15) is 5.75 Å². The standard InChI is InChI=1S/C31H54O2/c1-3-5-7-9-11-12-13-14-15-16-18-19-21-24-29-25-23-26-30(28-29)33-31(32)27-22-20-17-10-8-6-4-2/h23,25-26,28H,3-22,24,27H2,1-2H3. The number of aryl methyl sites for hydroxylation is 1. The van der Waals surface area contributed by atoms with Crippen LogP contribution < -0.4 is 4.74 Å². The van der Waals surface area contributed by atoms with Gasteiger partial charge in [0.2, 0.25) is 0 Å². The molecule has 0 bridgehead atoms. The molecular weight excluding hydrogens is 404 g/mol. The van der Waals surface area contributed by atoms with Gasteiger partial charge in [-0.1, -0.05) is 142 Å². The molecule has 2 nitrogen and oxygen atoms in total. The fourth-order valence-corrected chi connectivity index (χ4v) is 4.52. The second-order valence-corrected chi connectivity index (χ2v) is 9.99. The molecule has 1 aromatic carbocycles. The van der Waals surface area contributed by atoms with E-state index in [-0.39, 0.29) is 5.97 Å². The lowest BCUT2D eigenvalue weighted by molar-refractivity contribution is -0.134. The molecule has 1 aromatic rings. The van der Waals surface area contributed by atoms with Crippen LogP contribution in [0.15, 0.2) is 24.3 Å². The smallest absolute Gasteiger partial charge is 0.311 e. The van der Waals surface area contributed by atoms with Gasteiger partial charge >= 0.3 is 5.97 Å². The summed E-state index contributed by atoms with van der Waals surface area (Å²) in [5.41, 5.74) is 1.29. The zero-order valence-corrected chi connectivity index (χ0v) is 22.2. The first-order chi connectivity index (χ1) is 16.3. The first kappa shape index (κ1) is 29.7. The Kier molecular flexibility index (Phi) is 20.2. The summed E-state index contributed by atoms with van der Waals surface area (Å²) in [5, 5.41) is 0. The van der Waals surface area contributed by atoms with Crippen LogP contribution in [0.1, 0.15) is 154 Å². The topological polar surface area (TPSA) is 26.3 Å². The van der Waals surface area contributed by atoms with Crippen LogP contribution in [0.25, 0.3) is 0 Å². The lowest BCUT2D eigenvalue weighted by atomic mass is 10.0. The van der Waals surface area contributed by atoms with Gasteiger partial charge < -0.3 is 4.74 Å². The van der Waals surface area contributed by atoms with Gasteiger partial charge in [-0.15, -0.1) is 0 Å². The minimum Gasteiger partial charge on any atom is -0.427 e. The van der Waals surface area contributed by atoms with Gasteiger partial charge in [0, 0.05) is 6.42 Å². The largest absolute Gasteiger partial charge is 0.427 e. The molecular formula is C31H54O2. The highest BCUT2D eigenvalue weighted by Crippen LogP contribution is 2.18. The van der Waals surface area contributed by atoms with E-state index in [9.17, 15) is 4.79 Å². The molecule has 0 aromatic heterocycles. The molecule has 1 rings (SSSR count). The van der Waals surface area contributed by atoms with Crippen LogP contribution in [0.3, 0.4) is 0 Å². The Morgan fingerprint density at radius 3 is 1.58 bits per heavy atom. The maximum atomic E-state index is 12.1. The summed E-state index contributed by atoms with van der Waals surface area (Å²) in [6.45, 7) is 4.53. The van der Waals surface area contributed by atoms with Crippen LogP contribution in [-0.4, -0.2) is 5.97 Å². The molecule has 33 heavy (non-hydrogen) atoms. The molecule has 0 spiro atoms. The highest BCUT2D eigenvalue weighted by molar-refractivity contribution is 5.72. The van der Waals surface area contributed by atoms with Crippen molar-refractivity contribution in [2.24, 2.45) is 0 Å². The van der Waals surface area contributed by atoms with E-state index in [1.54, 1.807) is 0 Å². The predicted molar refractivity (Wildman–Crippen MR) is 144 cm³/mol. The van der Waals surface area contributed by atoms with E-state index in [4.69, 9.17) is 4.74 Å². The Balaban J connectivity index is 2.01. The molecule has 190 valence electrons. The van der Waals surface area contributed by atoms with Gasteiger partial charge in [-0.2, -0.15) is 0 Å². The van der Waals surface area contributed by atoms with Crippen molar-refractivity contribution in [1.29, 1.82) is 0 Å². The third-order valence-corrected chi connectivity index (χ3v) is 6.68. The third-order valence-electron chi connectivity index (χ3n) is 6.68. The minimum atomic E-state index is -0.0818. The number of ether oxygens (including phenoxy) is 1. The fraction of sp³-hybridized carbons (Fsp3) is 0.774. The van der Waals surface area contributed by atoms with E-state index >= 15 is 0 Å². The highest BCUT2D eigenvalue weighted by atomic mass is 16.5. The first-order valence-electron chi connectivity index (χ1n) is 14.6. The van der Waals surface area contributed by atoms with Gasteiger partial charge in [-0.25, -0.2) is 0 Å². The molecule has 0 amide bonds. The summed E-state index contributed by atoms with van der Waals surface area (Å²) in [5.74, 6) is 0.636. The number of hydrogen-bond donors (Lipinski definition) is 0. The summed E-state index contributed by atoms with van der Waals surface area (Å²) in [7, 11) is 0. The Bertz CT molecular complexity index is 566. The normalized spacial score (nSPS) is 11.1. The molecule has 0 N–H and O–H groups in total. The van der Waals surface area contributed by atoms with E-state index < -0.39 is 0 Å². The lowest BCUT2D eigenvalue weighted by Gasteiger charge is -2.07. The van der Waals surface area contributed by atoms with E-state index in [1.165, 1.54) is 121 Å². The van der Waals surface area contributed by atoms with Gasteiger partial charge in [-0.05, 0) is 37.0 Å². The van der Waals surface area contributed by atoms with E-state index in [0.29, 0.717) is 6.42 Å². The van der Waals surface area contributed by atoms with Gasteiger partial charge in [0.15, 0.2) is 0 Å². The summed E-state index contributed by atoms with van der Waals surface area (Å²) in [6, 6.07) is 8.15. The predicted octanol–water partition coefficient (Wildman–Crippen LogP) is 10.4. The molecule has 0 aliphatic carbocycles. The van der Waals surface area contributed by atoms with Gasteiger partial charge in [-0.3, -0.25) is 4.79 Å². The zero-order valence-electron chi connectivity index (χ0n) is 22.2. The molecule has 0 saturated heterocycles. The maximum absolute atomic E-state index is 12.1. The lowest BCUT2D eigenvalue weighted by Crippen LogP contribution is -2.07. The third kappa shape index (κ3) is 18.8. The SMILES string of the molecule is CCCCCCCCCCCCCCCc1cccc(OC(=O)CCCCCCCCC)c1. The monoisotopic (exact) mass is 458 g/mol. The number of rotatable bonds is 23. The van der Waals surface area contributed by atoms with Crippen LogP contribution in [0.2, 0.25) is 0 Å². The Labute approximate surface area is 206 Å². The number of hydrogen-bond acceptors (Lipinski definition) is 2. The summed E-state index contributed by atoms with van der Waals surface area (Å²) in [6.07, 6.45) is 28.2. The van der Waals surface area contributed by atoms with Gasteiger partial charge in [0.05, 0.1) is 0 Å². The van der Waals surface area contributed by atoms with E-state index in [1.807, 2.05) is 12.1 Å². The van der Waals surface area contributed by atoms with E-state index in [2.05, 4.69) is 26.0 Å². The van der Waals surface area contributed by atoms with Crippen molar-refractivity contribution < 1.29 is 9.53 Å². The van der Waals surface area contributed by atoms with Crippen molar-refractivity contribution in [2.45, 2.75) is 155 Å². The molecule has 0 unspecified atom stereocenters. The first-order valence-corrected chi connectivity index (χ1v) is 14.6. The molecule has 0 heterocycles. The molecule has 0 atom stereocenters. The number of esters is 1. The summed E-state index contributed by atoms with van der Waals surface area (Å²) < 4.78 is 5.58. The molecule has 0 saturated carbocycles. The Morgan fingerprint density at radius 2 is 1.06 bits per heavy atom. The van der Waals surface area contributed by atoms with Crippen molar-refractivity contribution in [2.75, 3.05) is 0 Å². The quantitative estimate of drug-likeness (QED) is 0.0925. The van der Waals surface area contributed by atoms with Crippen LogP contribution in [0, 0.1) is 0 Å². The molecule has 0 aliphatic rings. The average Bonchev–Trinajstić information content (AvgIpc) is 2.82. The Hall–Kier alpha value is -1.31. The highest BCUT2D eigenvalue weighted by Gasteiger charge is 2.06. The molecule has 0 radical (unpaired) electrons. The molecule has 0 fully saturated rings. The molecule has 0 aliphatic heterocycles.